The van der Waals surface area contributed by atoms with E-state index in [2.05, 4.69) is 5.32 Å². The first-order valence-corrected chi connectivity index (χ1v) is 5.20. The van der Waals surface area contributed by atoms with Crippen molar-refractivity contribution in [3.8, 4) is 0 Å². The Morgan fingerprint density at radius 1 is 1.47 bits per heavy atom. The molecule has 1 aromatic rings. The highest BCUT2D eigenvalue weighted by molar-refractivity contribution is 5.73. The summed E-state index contributed by atoms with van der Waals surface area (Å²) in [7, 11) is 0. The summed E-state index contributed by atoms with van der Waals surface area (Å²) < 4.78 is 0. The molecule has 0 spiro atoms. The zero-order chi connectivity index (χ0) is 10.8. The van der Waals surface area contributed by atoms with Crippen molar-refractivity contribution in [1.29, 1.82) is 0 Å². The van der Waals surface area contributed by atoms with Crippen LogP contribution >= 0.6 is 0 Å². The second-order valence-corrected chi connectivity index (χ2v) is 4.19. The van der Waals surface area contributed by atoms with Crippen LogP contribution in [0.2, 0.25) is 0 Å². The molecule has 1 aliphatic carbocycles. The molecule has 0 heterocycles. The van der Waals surface area contributed by atoms with Gasteiger partial charge in [-0.15, -0.1) is 0 Å². The predicted molar refractivity (Wildman–Crippen MR) is 58.9 cm³/mol. The second kappa shape index (κ2) is 3.93. The summed E-state index contributed by atoms with van der Waals surface area (Å²) in [4.78, 5) is 10.6. The highest BCUT2D eigenvalue weighted by Gasteiger charge is 2.42. The van der Waals surface area contributed by atoms with Crippen LogP contribution in [0, 0.1) is 18.8 Å². The van der Waals surface area contributed by atoms with Crippen LogP contribution in [-0.4, -0.2) is 17.6 Å². The van der Waals surface area contributed by atoms with Gasteiger partial charge in [0.2, 0.25) is 0 Å². The normalized spacial score (nSPS) is 23.5. The smallest absolute Gasteiger partial charge is 0.306 e. The molecule has 1 aliphatic rings. The summed E-state index contributed by atoms with van der Waals surface area (Å²) >= 11 is 0. The Bertz CT molecular complexity index is 358. The minimum absolute atomic E-state index is 0.122. The molecule has 2 atom stereocenters. The molecule has 2 unspecified atom stereocenters. The quantitative estimate of drug-likeness (QED) is 0.791. The van der Waals surface area contributed by atoms with E-state index in [4.69, 9.17) is 5.11 Å². The number of carboxylic acid groups (broad SMARTS) is 1. The van der Waals surface area contributed by atoms with Crippen molar-refractivity contribution in [3.05, 3.63) is 29.8 Å². The van der Waals surface area contributed by atoms with E-state index in [0.717, 1.165) is 18.7 Å². The Hall–Kier alpha value is -1.51. The molecule has 1 aromatic carbocycles. The molecule has 3 nitrogen and oxygen atoms in total. The number of benzene rings is 1. The van der Waals surface area contributed by atoms with Crippen LogP contribution in [0.4, 0.5) is 5.69 Å². The number of rotatable bonds is 4. The maximum Gasteiger partial charge on any atom is 0.306 e. The van der Waals surface area contributed by atoms with E-state index < -0.39 is 5.97 Å². The highest BCUT2D eigenvalue weighted by Crippen LogP contribution is 2.38. The molecule has 0 amide bonds. The molecular weight excluding hydrogens is 190 g/mol. The molecule has 0 aliphatic heterocycles. The minimum Gasteiger partial charge on any atom is -0.481 e. The Labute approximate surface area is 89.1 Å². The van der Waals surface area contributed by atoms with Crippen molar-refractivity contribution in [2.45, 2.75) is 13.3 Å². The predicted octanol–water partition coefficient (Wildman–Crippen LogP) is 2.13. The van der Waals surface area contributed by atoms with Crippen LogP contribution in [0.15, 0.2) is 24.3 Å². The van der Waals surface area contributed by atoms with Gasteiger partial charge in [-0.3, -0.25) is 4.79 Å². The fraction of sp³-hybridized carbons (Fsp3) is 0.417. The number of anilines is 1. The Balaban J connectivity index is 1.80. The number of nitrogens with one attached hydrogen (secondary N) is 1. The van der Waals surface area contributed by atoms with Gasteiger partial charge >= 0.3 is 5.97 Å². The van der Waals surface area contributed by atoms with Gasteiger partial charge in [0.25, 0.3) is 0 Å². The van der Waals surface area contributed by atoms with Gasteiger partial charge in [-0.2, -0.15) is 0 Å². The molecule has 0 saturated heterocycles. The molecule has 1 saturated carbocycles. The third kappa shape index (κ3) is 2.49. The van der Waals surface area contributed by atoms with Crippen LogP contribution in [-0.2, 0) is 4.79 Å². The lowest BCUT2D eigenvalue weighted by molar-refractivity contribution is -0.138. The lowest BCUT2D eigenvalue weighted by atomic mass is 10.2. The van der Waals surface area contributed by atoms with E-state index in [9.17, 15) is 4.79 Å². The summed E-state index contributed by atoms with van der Waals surface area (Å²) in [6.45, 7) is 2.81. The first-order chi connectivity index (χ1) is 7.16. The van der Waals surface area contributed by atoms with Crippen LogP contribution in [0.5, 0.6) is 0 Å². The summed E-state index contributed by atoms with van der Waals surface area (Å²) in [6, 6.07) is 8.13. The first-order valence-electron chi connectivity index (χ1n) is 5.20. The number of carboxylic acids is 1. The van der Waals surface area contributed by atoms with Crippen LogP contribution < -0.4 is 5.32 Å². The van der Waals surface area contributed by atoms with Crippen molar-refractivity contribution in [3.63, 3.8) is 0 Å². The monoisotopic (exact) mass is 205 g/mol. The third-order valence-electron chi connectivity index (χ3n) is 2.86. The molecule has 2 rings (SSSR count). The van der Waals surface area contributed by atoms with Crippen molar-refractivity contribution >= 4 is 11.7 Å². The maximum atomic E-state index is 10.6. The average Bonchev–Trinajstić information content (AvgIpc) is 2.96. The number of aryl methyl sites for hydroxylation is 1. The molecule has 2 N–H and O–H groups in total. The average molecular weight is 205 g/mol. The fourth-order valence-corrected chi connectivity index (χ4v) is 1.70. The van der Waals surface area contributed by atoms with Gasteiger partial charge in [0.15, 0.2) is 0 Å². The standard InChI is InChI=1S/C12H15NO2/c1-8-2-4-10(5-3-8)13-7-9-6-11(9)12(14)15/h2-5,9,11,13H,6-7H2,1H3,(H,14,15). The number of aliphatic carboxylic acids is 1. The number of hydrogen-bond donors (Lipinski definition) is 2. The molecule has 1 fully saturated rings. The summed E-state index contributed by atoms with van der Waals surface area (Å²) in [5.74, 6) is -0.475. The zero-order valence-corrected chi connectivity index (χ0v) is 8.73. The van der Waals surface area contributed by atoms with Crippen molar-refractivity contribution < 1.29 is 9.90 Å². The van der Waals surface area contributed by atoms with Crippen LogP contribution in [0.3, 0.4) is 0 Å². The van der Waals surface area contributed by atoms with Crippen molar-refractivity contribution in [2.24, 2.45) is 11.8 Å². The van der Waals surface area contributed by atoms with Crippen molar-refractivity contribution in [1.82, 2.24) is 0 Å². The minimum atomic E-state index is -0.661. The van der Waals surface area contributed by atoms with E-state index in [-0.39, 0.29) is 5.92 Å². The van der Waals surface area contributed by atoms with Gasteiger partial charge in [0.1, 0.15) is 0 Å². The van der Waals surface area contributed by atoms with Gasteiger partial charge in [0, 0.05) is 12.2 Å². The third-order valence-corrected chi connectivity index (χ3v) is 2.86. The van der Waals surface area contributed by atoms with Crippen LogP contribution in [0.25, 0.3) is 0 Å². The Morgan fingerprint density at radius 3 is 2.67 bits per heavy atom. The van der Waals surface area contributed by atoms with E-state index in [1.54, 1.807) is 0 Å². The largest absolute Gasteiger partial charge is 0.481 e. The van der Waals surface area contributed by atoms with E-state index in [1.165, 1.54) is 5.56 Å². The number of carbonyl (C=O) groups is 1. The SMILES string of the molecule is Cc1ccc(NCC2CC2C(=O)O)cc1. The van der Waals surface area contributed by atoms with E-state index in [0.29, 0.717) is 5.92 Å². The topological polar surface area (TPSA) is 49.3 Å². The highest BCUT2D eigenvalue weighted by atomic mass is 16.4. The van der Waals surface area contributed by atoms with E-state index in [1.807, 2.05) is 31.2 Å². The summed E-state index contributed by atoms with van der Waals surface area (Å²) in [6.07, 6.45) is 0.814. The Kier molecular flexibility index (Phi) is 2.62. The second-order valence-electron chi connectivity index (χ2n) is 4.19. The molecule has 0 radical (unpaired) electrons. The van der Waals surface area contributed by atoms with Gasteiger partial charge in [-0.05, 0) is 31.4 Å². The number of hydrogen-bond acceptors (Lipinski definition) is 2. The molecule has 0 bridgehead atoms. The van der Waals surface area contributed by atoms with Gasteiger partial charge in [-0.25, -0.2) is 0 Å². The molecule has 3 heteroatoms. The van der Waals surface area contributed by atoms with Gasteiger partial charge in [0.05, 0.1) is 5.92 Å². The molecule has 15 heavy (non-hydrogen) atoms. The lowest BCUT2D eigenvalue weighted by Crippen LogP contribution is -2.08. The van der Waals surface area contributed by atoms with Gasteiger partial charge in [-0.1, -0.05) is 17.7 Å². The van der Waals surface area contributed by atoms with Crippen molar-refractivity contribution in [2.75, 3.05) is 11.9 Å². The molecule has 0 aromatic heterocycles. The lowest BCUT2D eigenvalue weighted by Gasteiger charge is -2.05. The first kappa shape index (κ1) is 10.0. The van der Waals surface area contributed by atoms with Crippen LogP contribution in [0.1, 0.15) is 12.0 Å². The van der Waals surface area contributed by atoms with Gasteiger partial charge < -0.3 is 10.4 Å². The molecular formula is C12H15NO2. The van der Waals surface area contributed by atoms with E-state index >= 15 is 0 Å². The summed E-state index contributed by atoms with van der Waals surface area (Å²) in [5.41, 5.74) is 2.30. The zero-order valence-electron chi connectivity index (χ0n) is 8.73. The fourth-order valence-electron chi connectivity index (χ4n) is 1.70. The molecule has 80 valence electrons. The maximum absolute atomic E-state index is 10.6. The summed E-state index contributed by atoms with van der Waals surface area (Å²) in [5, 5.41) is 12.0. The Morgan fingerprint density at radius 2 is 2.13 bits per heavy atom.